The highest BCUT2D eigenvalue weighted by Crippen LogP contribution is 2.53. The van der Waals surface area contributed by atoms with Crippen molar-refractivity contribution in [1.29, 1.82) is 5.26 Å². The van der Waals surface area contributed by atoms with Crippen molar-refractivity contribution in [3.05, 3.63) is 93.0 Å². The van der Waals surface area contributed by atoms with Crippen LogP contribution in [0.4, 0.5) is 14.5 Å². The van der Waals surface area contributed by atoms with Crippen LogP contribution in [0.3, 0.4) is 0 Å². The standard InChI is InChI=1S/C40H45Cl2F2N3O10/c1-39(2,3)21-31-40(22-45,26-11-10-24(41)20-28(26)43)32(25-7-6-8-27(42)33(25)44)34(47-31)35(48)46-29-12-9-23(19-30(29)51-5)36(49)55-38-56-37(57-38)54-18-17-53-16-15-52-14-13-50-4/h6-12,19-20,31-32,34,37-38,47H,13-18,21H2,1-5H3,(H,46,48)/t31-,32-,34+,37?,38?,40-/m0/s1. The van der Waals surface area contributed by atoms with Crippen LogP contribution in [0.25, 0.3) is 0 Å². The van der Waals surface area contributed by atoms with Gasteiger partial charge in [0.25, 0.3) is 6.48 Å². The summed E-state index contributed by atoms with van der Waals surface area (Å²) in [6, 6.07) is 12.5. The fraction of sp³-hybridized carbons (Fsp3) is 0.475. The summed E-state index contributed by atoms with van der Waals surface area (Å²) in [5.74, 6) is -4.38. The van der Waals surface area contributed by atoms with E-state index in [1.807, 2.05) is 20.8 Å². The van der Waals surface area contributed by atoms with Crippen molar-refractivity contribution in [1.82, 2.24) is 5.32 Å². The molecule has 2 heterocycles. The number of nitrogens with zero attached hydrogens (tertiary/aromatic N) is 1. The van der Waals surface area contributed by atoms with E-state index in [9.17, 15) is 14.9 Å². The molecule has 0 saturated carbocycles. The van der Waals surface area contributed by atoms with E-state index in [1.54, 1.807) is 7.11 Å². The predicted octanol–water partition coefficient (Wildman–Crippen LogP) is 6.71. The zero-order chi connectivity index (χ0) is 41.3. The molecular formula is C40H45Cl2F2N3O10. The van der Waals surface area contributed by atoms with Gasteiger partial charge in [0.05, 0.1) is 75.1 Å². The first-order valence-electron chi connectivity index (χ1n) is 18.1. The van der Waals surface area contributed by atoms with Gasteiger partial charge < -0.3 is 39.1 Å². The second kappa shape index (κ2) is 19.7. The van der Waals surface area contributed by atoms with E-state index in [-0.39, 0.29) is 57.8 Å². The second-order valence-electron chi connectivity index (χ2n) is 14.4. The number of nitriles is 1. The molecule has 13 nitrogen and oxygen atoms in total. The number of halogens is 4. The molecular weight excluding hydrogens is 791 g/mol. The van der Waals surface area contributed by atoms with Crippen LogP contribution in [0, 0.1) is 28.4 Å². The Morgan fingerprint density at radius 1 is 0.947 bits per heavy atom. The summed E-state index contributed by atoms with van der Waals surface area (Å²) in [6.07, 6.45) is 0.285. The summed E-state index contributed by atoms with van der Waals surface area (Å²) in [5.41, 5.74) is -2.20. The zero-order valence-corrected chi connectivity index (χ0v) is 33.6. The molecule has 2 N–H and O–H groups in total. The van der Waals surface area contributed by atoms with Gasteiger partial charge >= 0.3 is 12.4 Å². The molecule has 3 aromatic rings. The topological polar surface area (TPSA) is 156 Å². The highest BCUT2D eigenvalue weighted by Gasteiger charge is 2.61. The van der Waals surface area contributed by atoms with Crippen LogP contribution in [0.1, 0.15) is 54.6 Å². The number of anilines is 1. The number of hydrogen-bond acceptors (Lipinski definition) is 12. The number of carbonyl (C=O) groups is 2. The SMILES string of the molecule is COCCOCCOCCOC1OC(OC(=O)c2ccc(NC(=O)[C@@H]3N[C@@H](CC(C)(C)C)[C@](C#N)(c4ccc(Cl)cc4F)[C@H]3c3cccc(Cl)c3F)c(OC)c2)O1. The third-order valence-electron chi connectivity index (χ3n) is 9.36. The van der Waals surface area contributed by atoms with Crippen LogP contribution in [0.2, 0.25) is 10.0 Å². The molecule has 3 aromatic carbocycles. The van der Waals surface area contributed by atoms with E-state index < -0.39 is 65.3 Å². The van der Waals surface area contributed by atoms with Crippen molar-refractivity contribution in [2.45, 2.75) is 63.6 Å². The molecule has 2 fully saturated rings. The van der Waals surface area contributed by atoms with Gasteiger partial charge in [0, 0.05) is 29.7 Å². The molecule has 5 rings (SSSR count). The lowest BCUT2D eigenvalue weighted by Crippen LogP contribution is -2.45. The first kappa shape index (κ1) is 44.2. The summed E-state index contributed by atoms with van der Waals surface area (Å²) in [5, 5.41) is 17.0. The third-order valence-corrected chi connectivity index (χ3v) is 9.89. The van der Waals surface area contributed by atoms with Crippen LogP contribution < -0.4 is 15.4 Å². The van der Waals surface area contributed by atoms with E-state index in [2.05, 4.69) is 16.7 Å². The fourth-order valence-electron chi connectivity index (χ4n) is 6.84. The lowest BCUT2D eigenvalue weighted by molar-refractivity contribution is -0.518. The minimum atomic E-state index is -1.82. The molecule has 0 unspecified atom stereocenters. The molecule has 2 aliphatic heterocycles. The summed E-state index contributed by atoms with van der Waals surface area (Å²) < 4.78 is 74.3. The third kappa shape index (κ3) is 10.6. The van der Waals surface area contributed by atoms with E-state index in [0.717, 1.165) is 6.07 Å². The Morgan fingerprint density at radius 3 is 2.30 bits per heavy atom. The normalized spacial score (nSPS) is 23.1. The Bertz CT molecular complexity index is 1920. The number of carbonyl (C=O) groups excluding carboxylic acids is 2. The number of ether oxygens (including phenoxy) is 8. The number of methoxy groups -OCH3 is 2. The van der Waals surface area contributed by atoms with Crippen molar-refractivity contribution in [3.63, 3.8) is 0 Å². The van der Waals surface area contributed by atoms with Gasteiger partial charge in [-0.05, 0) is 53.8 Å². The highest BCUT2D eigenvalue weighted by molar-refractivity contribution is 6.31. The number of hydrogen-bond donors (Lipinski definition) is 2. The average molecular weight is 837 g/mol. The molecule has 17 heteroatoms. The van der Waals surface area contributed by atoms with Gasteiger partial charge in [0.1, 0.15) is 22.8 Å². The number of nitrogens with one attached hydrogen (secondary N) is 2. The van der Waals surface area contributed by atoms with Crippen molar-refractivity contribution in [2.24, 2.45) is 5.41 Å². The van der Waals surface area contributed by atoms with Crippen LogP contribution in [0.15, 0.2) is 54.6 Å². The smallest absolute Gasteiger partial charge is 0.342 e. The Hall–Kier alpha value is -3.95. The van der Waals surface area contributed by atoms with E-state index in [4.69, 9.17) is 61.1 Å². The van der Waals surface area contributed by atoms with Gasteiger partial charge in [-0.2, -0.15) is 5.26 Å². The Kier molecular flexibility index (Phi) is 15.2. The van der Waals surface area contributed by atoms with Crippen molar-refractivity contribution >= 4 is 40.8 Å². The van der Waals surface area contributed by atoms with Crippen molar-refractivity contribution in [3.8, 4) is 11.8 Å². The van der Waals surface area contributed by atoms with Crippen LogP contribution in [-0.4, -0.2) is 90.8 Å². The van der Waals surface area contributed by atoms with Gasteiger partial charge in [-0.15, -0.1) is 0 Å². The summed E-state index contributed by atoms with van der Waals surface area (Å²) in [7, 11) is 2.92. The van der Waals surface area contributed by atoms with Crippen LogP contribution in [-0.2, 0) is 43.4 Å². The average Bonchev–Trinajstić information content (AvgIpc) is 3.46. The molecule has 0 bridgehead atoms. The maximum Gasteiger partial charge on any atom is 0.342 e. The minimum Gasteiger partial charge on any atom is -0.495 e. The molecule has 57 heavy (non-hydrogen) atoms. The van der Waals surface area contributed by atoms with Gasteiger partial charge in [-0.1, -0.05) is 62.2 Å². The van der Waals surface area contributed by atoms with Crippen molar-refractivity contribution < 1.29 is 56.3 Å². The van der Waals surface area contributed by atoms with Gasteiger partial charge in [0.15, 0.2) is 0 Å². The minimum absolute atomic E-state index is 0.0346. The monoisotopic (exact) mass is 835 g/mol. The molecule has 2 aliphatic rings. The summed E-state index contributed by atoms with van der Waals surface area (Å²) >= 11 is 12.4. The van der Waals surface area contributed by atoms with Crippen LogP contribution in [0.5, 0.6) is 5.75 Å². The number of benzene rings is 3. The molecule has 0 aromatic heterocycles. The highest BCUT2D eigenvalue weighted by atomic mass is 35.5. The van der Waals surface area contributed by atoms with Crippen LogP contribution >= 0.6 is 23.2 Å². The molecule has 0 aliphatic carbocycles. The number of amides is 1. The van der Waals surface area contributed by atoms with E-state index in [1.165, 1.54) is 55.6 Å². The number of rotatable bonds is 18. The van der Waals surface area contributed by atoms with Gasteiger partial charge in [0.2, 0.25) is 5.91 Å². The van der Waals surface area contributed by atoms with Crippen molar-refractivity contribution in [2.75, 3.05) is 59.2 Å². The molecule has 1 amide bonds. The zero-order valence-electron chi connectivity index (χ0n) is 32.1. The maximum absolute atomic E-state index is 16.0. The molecule has 0 spiro atoms. The lowest BCUT2D eigenvalue weighted by atomic mass is 9.62. The fourth-order valence-corrected chi connectivity index (χ4v) is 7.18. The first-order chi connectivity index (χ1) is 27.2. The quantitative estimate of drug-likeness (QED) is 0.103. The second-order valence-corrected chi connectivity index (χ2v) is 15.3. The molecule has 308 valence electrons. The predicted molar refractivity (Wildman–Crippen MR) is 204 cm³/mol. The maximum atomic E-state index is 16.0. The summed E-state index contributed by atoms with van der Waals surface area (Å²) in [6.45, 7) is 5.61. The molecule has 4 atom stereocenters. The summed E-state index contributed by atoms with van der Waals surface area (Å²) in [4.78, 5) is 27.4. The Balaban J connectivity index is 1.31. The first-order valence-corrected chi connectivity index (χ1v) is 18.8. The van der Waals surface area contributed by atoms with E-state index >= 15 is 8.78 Å². The van der Waals surface area contributed by atoms with E-state index in [0.29, 0.717) is 26.4 Å². The van der Waals surface area contributed by atoms with Gasteiger partial charge in [-0.25, -0.2) is 13.6 Å². The molecule has 2 saturated heterocycles. The number of esters is 1. The Labute approximate surface area is 339 Å². The van der Waals surface area contributed by atoms with Gasteiger partial charge in [-0.3, -0.25) is 14.3 Å². The Morgan fingerprint density at radius 2 is 1.65 bits per heavy atom. The largest absolute Gasteiger partial charge is 0.495 e. The lowest BCUT2D eigenvalue weighted by Gasteiger charge is -2.37. The molecule has 0 radical (unpaired) electrons.